The van der Waals surface area contributed by atoms with Crippen LogP contribution in [0.1, 0.15) is 53.4 Å². The molecule has 0 saturated carbocycles. The van der Waals surface area contributed by atoms with Crippen LogP contribution in [-0.2, 0) is 17.6 Å². The fraction of sp³-hybridized carbons (Fsp3) is 0.571. The van der Waals surface area contributed by atoms with E-state index in [-0.39, 0.29) is 18.4 Å². The van der Waals surface area contributed by atoms with Crippen molar-refractivity contribution in [3.05, 3.63) is 21.4 Å². The Morgan fingerprint density at radius 1 is 1.42 bits per heavy atom. The van der Waals surface area contributed by atoms with Gasteiger partial charge < -0.3 is 10.4 Å². The molecule has 4 nitrogen and oxygen atoms in total. The number of carbonyl (C=O) groups excluding carboxylic acids is 1. The van der Waals surface area contributed by atoms with Gasteiger partial charge in [-0.3, -0.25) is 9.59 Å². The Bertz CT molecular complexity index is 481. The zero-order valence-electron chi connectivity index (χ0n) is 11.1. The van der Waals surface area contributed by atoms with Crippen molar-refractivity contribution in [1.29, 1.82) is 0 Å². The molecule has 0 aliphatic heterocycles. The predicted molar refractivity (Wildman–Crippen MR) is 74.8 cm³/mol. The molecule has 104 valence electrons. The van der Waals surface area contributed by atoms with E-state index in [9.17, 15) is 9.59 Å². The zero-order chi connectivity index (χ0) is 13.8. The average Bonchev–Trinajstić information content (AvgIpc) is 2.81. The SMILES string of the molecule is CCC(CC(=O)O)NC(=O)c1csc2c1CCCC2. The lowest BCUT2D eigenvalue weighted by atomic mass is 9.95. The van der Waals surface area contributed by atoms with Crippen molar-refractivity contribution < 1.29 is 14.7 Å². The second kappa shape index (κ2) is 6.19. The number of hydrogen-bond donors (Lipinski definition) is 2. The van der Waals surface area contributed by atoms with Crippen LogP contribution in [0.5, 0.6) is 0 Å². The van der Waals surface area contributed by atoms with Gasteiger partial charge in [0, 0.05) is 16.3 Å². The molecule has 1 amide bonds. The van der Waals surface area contributed by atoms with Gasteiger partial charge in [0.05, 0.1) is 12.0 Å². The maximum absolute atomic E-state index is 12.2. The van der Waals surface area contributed by atoms with Crippen LogP contribution in [0.4, 0.5) is 0 Å². The van der Waals surface area contributed by atoms with E-state index in [2.05, 4.69) is 5.32 Å². The molecule has 0 radical (unpaired) electrons. The minimum Gasteiger partial charge on any atom is -0.481 e. The minimum absolute atomic E-state index is 0.0193. The first-order chi connectivity index (χ1) is 9.11. The van der Waals surface area contributed by atoms with E-state index in [1.54, 1.807) is 11.3 Å². The lowest BCUT2D eigenvalue weighted by Crippen LogP contribution is -2.36. The number of carbonyl (C=O) groups is 2. The number of hydrogen-bond acceptors (Lipinski definition) is 3. The minimum atomic E-state index is -0.875. The number of carboxylic acids is 1. The first-order valence-electron chi connectivity index (χ1n) is 6.73. The highest BCUT2D eigenvalue weighted by molar-refractivity contribution is 7.10. The van der Waals surface area contributed by atoms with Gasteiger partial charge in [0.1, 0.15) is 0 Å². The van der Waals surface area contributed by atoms with Crippen LogP contribution in [0.25, 0.3) is 0 Å². The fourth-order valence-electron chi connectivity index (χ4n) is 2.46. The van der Waals surface area contributed by atoms with Gasteiger partial charge in [0.15, 0.2) is 0 Å². The van der Waals surface area contributed by atoms with Crippen molar-refractivity contribution in [2.45, 2.75) is 51.5 Å². The monoisotopic (exact) mass is 281 g/mol. The molecule has 0 saturated heterocycles. The van der Waals surface area contributed by atoms with E-state index in [0.29, 0.717) is 6.42 Å². The number of fused-ring (bicyclic) bond motifs is 1. The Labute approximate surface area is 116 Å². The Morgan fingerprint density at radius 3 is 2.84 bits per heavy atom. The number of rotatable bonds is 5. The Hall–Kier alpha value is -1.36. The molecule has 5 heteroatoms. The highest BCUT2D eigenvalue weighted by Gasteiger charge is 2.22. The maximum atomic E-state index is 12.2. The normalized spacial score (nSPS) is 15.6. The summed E-state index contributed by atoms with van der Waals surface area (Å²) in [5, 5.41) is 13.6. The van der Waals surface area contributed by atoms with E-state index < -0.39 is 5.97 Å². The highest BCUT2D eigenvalue weighted by Crippen LogP contribution is 2.30. The molecule has 0 fully saturated rings. The Kier molecular flexibility index (Phi) is 4.58. The number of carboxylic acid groups (broad SMARTS) is 1. The van der Waals surface area contributed by atoms with Crippen LogP contribution in [0.3, 0.4) is 0 Å². The van der Waals surface area contributed by atoms with Crippen molar-refractivity contribution >= 4 is 23.2 Å². The molecule has 2 rings (SSSR count). The van der Waals surface area contributed by atoms with Gasteiger partial charge in [-0.05, 0) is 37.7 Å². The summed E-state index contributed by atoms with van der Waals surface area (Å²) in [7, 11) is 0. The van der Waals surface area contributed by atoms with E-state index in [1.807, 2.05) is 12.3 Å². The largest absolute Gasteiger partial charge is 0.481 e. The first kappa shape index (κ1) is 14.1. The summed E-state index contributed by atoms with van der Waals surface area (Å²) in [6.07, 6.45) is 4.98. The average molecular weight is 281 g/mol. The predicted octanol–water partition coefficient (Wildman–Crippen LogP) is 2.61. The summed E-state index contributed by atoms with van der Waals surface area (Å²) < 4.78 is 0. The van der Waals surface area contributed by atoms with E-state index in [0.717, 1.165) is 24.8 Å². The molecule has 0 bridgehead atoms. The standard InChI is InChI=1S/C14H19NO3S/c1-2-9(7-13(16)17)15-14(18)11-8-19-12-6-4-3-5-10(11)12/h8-9H,2-7H2,1H3,(H,15,18)(H,16,17). The van der Waals surface area contributed by atoms with Crippen molar-refractivity contribution in [1.82, 2.24) is 5.32 Å². The van der Waals surface area contributed by atoms with Crippen molar-refractivity contribution in [3.63, 3.8) is 0 Å². The van der Waals surface area contributed by atoms with Gasteiger partial charge in [0.2, 0.25) is 0 Å². The lowest BCUT2D eigenvalue weighted by Gasteiger charge is -2.16. The van der Waals surface area contributed by atoms with E-state index >= 15 is 0 Å². The molecule has 1 heterocycles. The topological polar surface area (TPSA) is 66.4 Å². The quantitative estimate of drug-likeness (QED) is 0.872. The first-order valence-corrected chi connectivity index (χ1v) is 7.61. The van der Waals surface area contributed by atoms with Gasteiger partial charge in [-0.25, -0.2) is 0 Å². The van der Waals surface area contributed by atoms with Crippen LogP contribution in [-0.4, -0.2) is 23.0 Å². The molecule has 1 aliphatic carbocycles. The third kappa shape index (κ3) is 3.35. The van der Waals surface area contributed by atoms with Crippen molar-refractivity contribution in [2.24, 2.45) is 0 Å². The van der Waals surface area contributed by atoms with Crippen molar-refractivity contribution in [3.8, 4) is 0 Å². The van der Waals surface area contributed by atoms with E-state index in [1.165, 1.54) is 16.9 Å². The van der Waals surface area contributed by atoms with Crippen LogP contribution in [0, 0.1) is 0 Å². The summed E-state index contributed by atoms with van der Waals surface area (Å²) in [5.41, 5.74) is 1.93. The number of aryl methyl sites for hydroxylation is 1. The van der Waals surface area contributed by atoms with Gasteiger partial charge in [-0.1, -0.05) is 6.92 Å². The van der Waals surface area contributed by atoms with Crippen LogP contribution in [0.15, 0.2) is 5.38 Å². The second-order valence-corrected chi connectivity index (χ2v) is 5.90. The number of aliphatic carboxylic acids is 1. The summed E-state index contributed by atoms with van der Waals surface area (Å²) >= 11 is 1.65. The molecule has 19 heavy (non-hydrogen) atoms. The third-order valence-corrected chi connectivity index (χ3v) is 4.64. The summed E-state index contributed by atoms with van der Waals surface area (Å²) in [6, 6.07) is -0.288. The summed E-state index contributed by atoms with van der Waals surface area (Å²) in [5.74, 6) is -0.994. The van der Waals surface area contributed by atoms with Gasteiger partial charge >= 0.3 is 5.97 Å². The van der Waals surface area contributed by atoms with Gasteiger partial charge in [-0.15, -0.1) is 11.3 Å². The lowest BCUT2D eigenvalue weighted by molar-refractivity contribution is -0.137. The molecule has 1 aromatic heterocycles. The second-order valence-electron chi connectivity index (χ2n) is 4.93. The third-order valence-electron chi connectivity index (χ3n) is 3.56. The van der Waals surface area contributed by atoms with Crippen LogP contribution >= 0.6 is 11.3 Å². The number of nitrogens with one attached hydrogen (secondary N) is 1. The van der Waals surface area contributed by atoms with Crippen molar-refractivity contribution in [2.75, 3.05) is 0 Å². The molecule has 1 unspecified atom stereocenters. The molecule has 0 spiro atoms. The molecule has 1 atom stereocenters. The molecule has 0 aromatic carbocycles. The Balaban J connectivity index is 2.07. The summed E-state index contributed by atoms with van der Waals surface area (Å²) in [4.78, 5) is 24.3. The highest BCUT2D eigenvalue weighted by atomic mass is 32.1. The number of amides is 1. The molecule has 1 aliphatic rings. The van der Waals surface area contributed by atoms with Crippen LogP contribution in [0.2, 0.25) is 0 Å². The van der Waals surface area contributed by atoms with Gasteiger partial charge in [-0.2, -0.15) is 0 Å². The smallest absolute Gasteiger partial charge is 0.305 e. The zero-order valence-corrected chi connectivity index (χ0v) is 11.9. The maximum Gasteiger partial charge on any atom is 0.305 e. The fourth-order valence-corrected chi connectivity index (χ4v) is 3.58. The summed E-state index contributed by atoms with van der Waals surface area (Å²) in [6.45, 7) is 1.89. The van der Waals surface area contributed by atoms with Crippen LogP contribution < -0.4 is 5.32 Å². The molecular formula is C14H19NO3S. The molecule has 1 aromatic rings. The number of thiophene rings is 1. The molecular weight excluding hydrogens is 262 g/mol. The van der Waals surface area contributed by atoms with Gasteiger partial charge in [0.25, 0.3) is 5.91 Å². The molecule has 2 N–H and O–H groups in total. The van der Waals surface area contributed by atoms with E-state index in [4.69, 9.17) is 5.11 Å². The Morgan fingerprint density at radius 2 is 2.16 bits per heavy atom.